The van der Waals surface area contributed by atoms with Gasteiger partial charge in [0.2, 0.25) is 5.91 Å². The largest absolute Gasteiger partial charge is 0.480 e. The van der Waals surface area contributed by atoms with Crippen molar-refractivity contribution in [3.63, 3.8) is 0 Å². The number of nitrogens with zero attached hydrogens (tertiary/aromatic N) is 4. The molecular formula is C31H34N4O4. The van der Waals surface area contributed by atoms with E-state index in [1.54, 1.807) is 9.80 Å². The quantitative estimate of drug-likeness (QED) is 0.498. The molecule has 8 heteroatoms. The second-order valence-electron chi connectivity index (χ2n) is 10.4. The lowest BCUT2D eigenvalue weighted by Gasteiger charge is -2.47. The summed E-state index contributed by atoms with van der Waals surface area (Å²) in [6, 6.07) is 25.5. The van der Waals surface area contributed by atoms with Crippen LogP contribution in [0.3, 0.4) is 0 Å². The lowest BCUT2D eigenvalue weighted by atomic mass is 9.99. The minimum absolute atomic E-state index is 0.0855. The van der Waals surface area contributed by atoms with Crippen LogP contribution in [0.25, 0.3) is 0 Å². The van der Waals surface area contributed by atoms with Gasteiger partial charge in [-0.3, -0.25) is 14.6 Å². The normalized spacial score (nSPS) is 21.1. The van der Waals surface area contributed by atoms with E-state index < -0.39 is 30.1 Å². The number of para-hydroxylation sites is 2. The van der Waals surface area contributed by atoms with Gasteiger partial charge in [-0.2, -0.15) is 0 Å². The predicted octanol–water partition coefficient (Wildman–Crippen LogP) is 4.25. The van der Waals surface area contributed by atoms with E-state index in [0.717, 1.165) is 5.56 Å². The van der Waals surface area contributed by atoms with Crippen molar-refractivity contribution in [3.05, 3.63) is 96.6 Å². The highest BCUT2D eigenvalue weighted by molar-refractivity contribution is 6.01. The van der Waals surface area contributed by atoms with Crippen molar-refractivity contribution >= 4 is 29.3 Å². The number of hydrogen-bond acceptors (Lipinski definition) is 4. The Morgan fingerprint density at radius 2 is 1.38 bits per heavy atom. The molecule has 3 amide bonds. The number of likely N-dealkylation sites (N-methyl/N-ethyl adjacent to an activating group) is 1. The maximum Gasteiger partial charge on any atom is 0.329 e. The summed E-state index contributed by atoms with van der Waals surface area (Å²) in [5, 5.41) is 10.4. The maximum absolute atomic E-state index is 14.2. The number of benzene rings is 3. The highest BCUT2D eigenvalue weighted by atomic mass is 16.4. The Hall–Kier alpha value is -4.17. The van der Waals surface area contributed by atoms with Crippen molar-refractivity contribution < 1.29 is 19.5 Å². The zero-order chi connectivity index (χ0) is 27.5. The Balaban J connectivity index is 1.46. The summed E-state index contributed by atoms with van der Waals surface area (Å²) in [7, 11) is 3.75. The monoisotopic (exact) mass is 526 g/mol. The second kappa shape index (κ2) is 11.3. The number of likely N-dealkylation sites (tertiary alicyclic amines) is 1. The van der Waals surface area contributed by atoms with E-state index in [4.69, 9.17) is 0 Å². The Morgan fingerprint density at radius 3 is 1.90 bits per heavy atom. The number of anilines is 2. The third-order valence-electron chi connectivity index (χ3n) is 7.81. The van der Waals surface area contributed by atoms with Crippen LogP contribution in [-0.2, 0) is 16.0 Å². The zero-order valence-corrected chi connectivity index (χ0v) is 22.3. The van der Waals surface area contributed by atoms with Gasteiger partial charge in [0.05, 0.1) is 23.5 Å². The molecule has 2 aliphatic rings. The first-order valence-corrected chi connectivity index (χ1v) is 13.3. The van der Waals surface area contributed by atoms with E-state index in [1.807, 2.05) is 110 Å². The van der Waals surface area contributed by atoms with Gasteiger partial charge in [0, 0.05) is 12.6 Å². The number of carboxylic acids is 1. The number of rotatable bonds is 7. The minimum atomic E-state index is -1.14. The van der Waals surface area contributed by atoms with Crippen LogP contribution in [0.2, 0.25) is 0 Å². The molecule has 0 spiro atoms. The number of carbonyl (C=O) groups excluding carboxylic acids is 2. The molecule has 8 nitrogen and oxygen atoms in total. The zero-order valence-electron chi connectivity index (χ0n) is 22.3. The highest BCUT2D eigenvalue weighted by Crippen LogP contribution is 2.38. The van der Waals surface area contributed by atoms with Gasteiger partial charge in [0.1, 0.15) is 0 Å². The van der Waals surface area contributed by atoms with Crippen molar-refractivity contribution in [1.29, 1.82) is 0 Å². The molecule has 2 aliphatic heterocycles. The lowest BCUT2D eigenvalue weighted by Crippen LogP contribution is -2.68. The summed E-state index contributed by atoms with van der Waals surface area (Å²) in [6.07, 6.45) is 1.73. The van der Waals surface area contributed by atoms with E-state index in [1.165, 1.54) is 4.90 Å². The van der Waals surface area contributed by atoms with Crippen molar-refractivity contribution in [2.75, 3.05) is 25.5 Å². The fourth-order valence-corrected chi connectivity index (χ4v) is 5.94. The first-order chi connectivity index (χ1) is 18.9. The van der Waals surface area contributed by atoms with Crippen molar-refractivity contribution in [1.82, 2.24) is 14.7 Å². The number of carbonyl (C=O) groups is 3. The molecule has 202 valence electrons. The molecule has 0 saturated carbocycles. The predicted molar refractivity (Wildman–Crippen MR) is 150 cm³/mol. The first-order valence-electron chi connectivity index (χ1n) is 13.3. The fourth-order valence-electron chi connectivity index (χ4n) is 5.94. The molecule has 0 radical (unpaired) electrons. The van der Waals surface area contributed by atoms with Crippen LogP contribution in [0.15, 0.2) is 91.0 Å². The topological polar surface area (TPSA) is 84.4 Å². The van der Waals surface area contributed by atoms with E-state index in [-0.39, 0.29) is 18.5 Å². The smallest absolute Gasteiger partial charge is 0.329 e. The van der Waals surface area contributed by atoms with Crippen LogP contribution < -0.4 is 4.90 Å². The molecule has 39 heavy (non-hydrogen) atoms. The molecule has 3 aromatic rings. The number of piperazine rings is 1. The van der Waals surface area contributed by atoms with Crippen LogP contribution in [0.1, 0.15) is 18.4 Å². The average molecular weight is 527 g/mol. The van der Waals surface area contributed by atoms with E-state index in [9.17, 15) is 19.5 Å². The molecule has 4 atom stereocenters. The third-order valence-corrected chi connectivity index (χ3v) is 7.81. The second-order valence-corrected chi connectivity index (χ2v) is 10.4. The molecule has 3 aromatic carbocycles. The maximum atomic E-state index is 14.2. The number of carboxylic acid groups (broad SMARTS) is 1. The number of aliphatic carboxylic acids is 1. The fraction of sp³-hybridized carbons (Fsp3) is 0.323. The van der Waals surface area contributed by atoms with Crippen LogP contribution in [0.5, 0.6) is 0 Å². The van der Waals surface area contributed by atoms with Gasteiger partial charge >= 0.3 is 12.0 Å². The van der Waals surface area contributed by atoms with Crippen LogP contribution in [0, 0.1) is 0 Å². The summed E-state index contributed by atoms with van der Waals surface area (Å²) < 4.78 is 0. The Labute approximate surface area is 229 Å². The molecule has 2 heterocycles. The number of fused-ring (bicyclic) bond motifs is 2. The van der Waals surface area contributed by atoms with Crippen LogP contribution in [-0.4, -0.2) is 82.5 Å². The molecule has 2 saturated heterocycles. The van der Waals surface area contributed by atoms with Crippen molar-refractivity contribution in [2.24, 2.45) is 0 Å². The van der Waals surface area contributed by atoms with Gasteiger partial charge < -0.3 is 14.9 Å². The van der Waals surface area contributed by atoms with Gasteiger partial charge in [-0.1, -0.05) is 66.7 Å². The molecule has 5 rings (SSSR count). The van der Waals surface area contributed by atoms with E-state index in [0.29, 0.717) is 30.6 Å². The van der Waals surface area contributed by atoms with Crippen molar-refractivity contribution in [3.8, 4) is 0 Å². The van der Waals surface area contributed by atoms with Crippen LogP contribution in [0.4, 0.5) is 16.2 Å². The Bertz CT molecular complexity index is 1260. The molecule has 1 unspecified atom stereocenters. The molecule has 0 aromatic heterocycles. The van der Waals surface area contributed by atoms with Gasteiger partial charge in [-0.15, -0.1) is 0 Å². The summed E-state index contributed by atoms with van der Waals surface area (Å²) in [4.78, 5) is 47.6. The summed E-state index contributed by atoms with van der Waals surface area (Å²) in [5.41, 5.74) is 2.35. The Morgan fingerprint density at radius 1 is 0.846 bits per heavy atom. The van der Waals surface area contributed by atoms with Gasteiger partial charge in [0.15, 0.2) is 6.04 Å². The van der Waals surface area contributed by atoms with Gasteiger partial charge in [-0.05, 0) is 63.2 Å². The van der Waals surface area contributed by atoms with Gasteiger partial charge in [0.25, 0.3) is 0 Å². The number of urea groups is 1. The average Bonchev–Trinajstić information content (AvgIpc) is 3.25. The SMILES string of the molecule is CN(C)C(Cc1ccccc1)C(=O)N1[C@H]2CC[C@@H]1[C@@H](C(=O)O)N(C(=O)N(c1ccccc1)c1ccccc1)C2. The number of hydrogen-bond donors (Lipinski definition) is 1. The van der Waals surface area contributed by atoms with E-state index in [2.05, 4.69) is 0 Å². The first kappa shape index (κ1) is 26.4. The minimum Gasteiger partial charge on any atom is -0.480 e. The molecule has 2 fully saturated rings. The summed E-state index contributed by atoms with van der Waals surface area (Å²) in [6.45, 7) is 0.166. The van der Waals surface area contributed by atoms with Gasteiger partial charge in [-0.25, -0.2) is 9.59 Å². The summed E-state index contributed by atoms with van der Waals surface area (Å²) in [5.74, 6) is -1.19. The molecular weight excluding hydrogens is 492 g/mol. The Kier molecular flexibility index (Phi) is 7.65. The number of amides is 3. The molecule has 2 bridgehead atoms. The van der Waals surface area contributed by atoms with E-state index >= 15 is 0 Å². The van der Waals surface area contributed by atoms with Crippen molar-refractivity contribution in [2.45, 2.75) is 43.4 Å². The lowest BCUT2D eigenvalue weighted by molar-refractivity contribution is -0.153. The molecule has 0 aliphatic carbocycles. The standard InChI is InChI=1S/C31H34N4O4/c1-32(2)27(20-22-12-6-3-7-13-22)29(36)35-25-18-19-26(35)28(30(37)38)33(21-25)31(39)34(23-14-8-4-9-15-23)24-16-10-5-11-17-24/h3-17,25-28H,18-21H2,1-2H3,(H,37,38)/t25-,26+,27?,28-/m0/s1. The summed E-state index contributed by atoms with van der Waals surface area (Å²) >= 11 is 0. The molecule has 1 N–H and O–H groups in total. The van der Waals surface area contributed by atoms with Crippen LogP contribution >= 0.6 is 0 Å². The highest BCUT2D eigenvalue weighted by Gasteiger charge is 2.54. The third kappa shape index (κ3) is 5.25.